The fourth-order valence-electron chi connectivity index (χ4n) is 1.79. The number of anilines is 1. The SMILES string of the molecule is N#Cc1ccc(NC2CCCOC2)cc1F. The fourth-order valence-corrected chi connectivity index (χ4v) is 1.79. The molecule has 0 aliphatic carbocycles. The summed E-state index contributed by atoms with van der Waals surface area (Å²) in [4.78, 5) is 0. The largest absolute Gasteiger partial charge is 0.380 e. The Morgan fingerprint density at radius 1 is 1.50 bits per heavy atom. The maximum atomic E-state index is 13.3. The molecule has 1 heterocycles. The Hall–Kier alpha value is -1.60. The predicted octanol–water partition coefficient (Wildman–Crippen LogP) is 2.29. The molecule has 4 heteroatoms. The van der Waals surface area contributed by atoms with Crippen molar-refractivity contribution in [1.82, 2.24) is 0 Å². The van der Waals surface area contributed by atoms with E-state index in [-0.39, 0.29) is 11.6 Å². The first-order valence-corrected chi connectivity index (χ1v) is 5.33. The molecular weight excluding hydrogens is 207 g/mol. The minimum atomic E-state index is -0.482. The molecular formula is C12H13FN2O. The number of rotatable bonds is 2. The summed E-state index contributed by atoms with van der Waals surface area (Å²) < 4.78 is 18.6. The van der Waals surface area contributed by atoms with Gasteiger partial charge >= 0.3 is 0 Å². The second-order valence-electron chi connectivity index (χ2n) is 3.86. The van der Waals surface area contributed by atoms with E-state index in [1.54, 1.807) is 12.1 Å². The van der Waals surface area contributed by atoms with Gasteiger partial charge in [0.2, 0.25) is 0 Å². The molecule has 1 saturated heterocycles. The van der Waals surface area contributed by atoms with Crippen LogP contribution in [0, 0.1) is 17.1 Å². The summed E-state index contributed by atoms with van der Waals surface area (Å²) in [7, 11) is 0. The summed E-state index contributed by atoms with van der Waals surface area (Å²) in [5.74, 6) is -0.482. The van der Waals surface area contributed by atoms with Crippen LogP contribution in [0.4, 0.5) is 10.1 Å². The van der Waals surface area contributed by atoms with Crippen LogP contribution >= 0.6 is 0 Å². The van der Waals surface area contributed by atoms with E-state index in [0.717, 1.165) is 19.4 Å². The third-order valence-electron chi connectivity index (χ3n) is 2.62. The van der Waals surface area contributed by atoms with Crippen molar-refractivity contribution in [1.29, 1.82) is 5.26 Å². The van der Waals surface area contributed by atoms with Gasteiger partial charge in [0.25, 0.3) is 0 Å². The molecule has 0 radical (unpaired) electrons. The Morgan fingerprint density at radius 3 is 3.00 bits per heavy atom. The van der Waals surface area contributed by atoms with E-state index in [4.69, 9.17) is 10.00 Å². The van der Waals surface area contributed by atoms with Gasteiger partial charge in [-0.3, -0.25) is 0 Å². The van der Waals surface area contributed by atoms with Crippen LogP contribution in [0.3, 0.4) is 0 Å². The highest BCUT2D eigenvalue weighted by atomic mass is 19.1. The van der Waals surface area contributed by atoms with Gasteiger partial charge in [0.15, 0.2) is 0 Å². The molecule has 3 nitrogen and oxygen atoms in total. The first-order chi connectivity index (χ1) is 7.79. The zero-order chi connectivity index (χ0) is 11.4. The lowest BCUT2D eigenvalue weighted by molar-refractivity contribution is 0.0876. The molecule has 84 valence electrons. The number of nitrogens with one attached hydrogen (secondary N) is 1. The summed E-state index contributed by atoms with van der Waals surface area (Å²) in [6, 6.07) is 6.60. The zero-order valence-electron chi connectivity index (χ0n) is 8.87. The molecule has 16 heavy (non-hydrogen) atoms. The molecule has 0 saturated carbocycles. The molecule has 1 atom stereocenters. The number of halogens is 1. The highest BCUT2D eigenvalue weighted by Gasteiger charge is 2.13. The minimum Gasteiger partial charge on any atom is -0.380 e. The first kappa shape index (κ1) is 10.9. The van der Waals surface area contributed by atoms with Crippen molar-refractivity contribution in [2.45, 2.75) is 18.9 Å². The number of hydrogen-bond acceptors (Lipinski definition) is 3. The number of nitriles is 1. The Balaban J connectivity index is 2.04. The molecule has 1 unspecified atom stereocenters. The first-order valence-electron chi connectivity index (χ1n) is 5.33. The fraction of sp³-hybridized carbons (Fsp3) is 0.417. The molecule has 1 aliphatic heterocycles. The van der Waals surface area contributed by atoms with Crippen molar-refractivity contribution in [2.75, 3.05) is 18.5 Å². The third kappa shape index (κ3) is 2.50. The van der Waals surface area contributed by atoms with Gasteiger partial charge in [-0.25, -0.2) is 4.39 Å². The number of nitrogens with zero attached hydrogens (tertiary/aromatic N) is 1. The lowest BCUT2D eigenvalue weighted by Crippen LogP contribution is -2.29. The summed E-state index contributed by atoms with van der Waals surface area (Å²) in [6.45, 7) is 1.46. The van der Waals surface area contributed by atoms with Gasteiger partial charge in [0.05, 0.1) is 12.2 Å². The quantitative estimate of drug-likeness (QED) is 0.831. The van der Waals surface area contributed by atoms with Crippen molar-refractivity contribution < 1.29 is 9.13 Å². The average molecular weight is 220 g/mol. The summed E-state index contributed by atoms with van der Waals surface area (Å²) >= 11 is 0. The zero-order valence-corrected chi connectivity index (χ0v) is 8.87. The molecule has 1 aromatic rings. The molecule has 1 fully saturated rings. The topological polar surface area (TPSA) is 45.0 Å². The van der Waals surface area contributed by atoms with Crippen molar-refractivity contribution in [3.63, 3.8) is 0 Å². The van der Waals surface area contributed by atoms with E-state index in [9.17, 15) is 4.39 Å². The van der Waals surface area contributed by atoms with E-state index in [0.29, 0.717) is 12.3 Å². The van der Waals surface area contributed by atoms with E-state index >= 15 is 0 Å². The van der Waals surface area contributed by atoms with Gasteiger partial charge in [0.1, 0.15) is 11.9 Å². The predicted molar refractivity (Wildman–Crippen MR) is 58.6 cm³/mol. The molecule has 0 spiro atoms. The maximum absolute atomic E-state index is 13.3. The lowest BCUT2D eigenvalue weighted by atomic mass is 10.1. The third-order valence-corrected chi connectivity index (χ3v) is 2.62. The summed E-state index contributed by atoms with van der Waals surface area (Å²) in [5, 5.41) is 11.8. The van der Waals surface area contributed by atoms with Gasteiger partial charge < -0.3 is 10.1 Å². The van der Waals surface area contributed by atoms with Crippen LogP contribution in [-0.4, -0.2) is 19.3 Å². The Morgan fingerprint density at radius 2 is 2.38 bits per heavy atom. The minimum absolute atomic E-state index is 0.0745. The summed E-state index contributed by atoms with van der Waals surface area (Å²) in [6.07, 6.45) is 2.05. The smallest absolute Gasteiger partial charge is 0.143 e. The van der Waals surface area contributed by atoms with Crippen LogP contribution in [0.15, 0.2) is 18.2 Å². The van der Waals surface area contributed by atoms with Gasteiger partial charge in [0, 0.05) is 18.3 Å². The van der Waals surface area contributed by atoms with Crippen LogP contribution in [0.25, 0.3) is 0 Å². The molecule has 0 amide bonds. The standard InChI is InChI=1S/C12H13FN2O/c13-12-6-10(4-3-9(12)7-14)15-11-2-1-5-16-8-11/h3-4,6,11,15H,1-2,5,8H2. The maximum Gasteiger partial charge on any atom is 0.143 e. The lowest BCUT2D eigenvalue weighted by Gasteiger charge is -2.24. The molecule has 1 N–H and O–H groups in total. The summed E-state index contributed by atoms with van der Waals surface area (Å²) in [5.41, 5.74) is 0.775. The number of hydrogen-bond donors (Lipinski definition) is 1. The molecule has 0 bridgehead atoms. The van der Waals surface area contributed by atoms with Crippen molar-refractivity contribution in [2.24, 2.45) is 0 Å². The number of benzene rings is 1. The van der Waals surface area contributed by atoms with Gasteiger partial charge in [-0.15, -0.1) is 0 Å². The molecule has 1 aliphatic rings. The van der Waals surface area contributed by atoms with Crippen LogP contribution in [0.2, 0.25) is 0 Å². The van der Waals surface area contributed by atoms with Crippen molar-refractivity contribution in [3.05, 3.63) is 29.6 Å². The Kier molecular flexibility index (Phi) is 3.37. The van der Waals surface area contributed by atoms with Gasteiger partial charge in [-0.2, -0.15) is 5.26 Å². The molecule has 1 aromatic carbocycles. The monoisotopic (exact) mass is 220 g/mol. The average Bonchev–Trinajstić information content (AvgIpc) is 2.31. The van der Waals surface area contributed by atoms with E-state index in [1.807, 2.05) is 0 Å². The van der Waals surface area contributed by atoms with Crippen molar-refractivity contribution in [3.8, 4) is 6.07 Å². The van der Waals surface area contributed by atoms with Gasteiger partial charge in [-0.1, -0.05) is 0 Å². The Bertz CT molecular complexity index is 408. The highest BCUT2D eigenvalue weighted by molar-refractivity contribution is 5.48. The second kappa shape index (κ2) is 4.95. The normalized spacial score (nSPS) is 20.1. The molecule has 2 rings (SSSR count). The Labute approximate surface area is 93.8 Å². The van der Waals surface area contributed by atoms with Crippen LogP contribution in [0.5, 0.6) is 0 Å². The van der Waals surface area contributed by atoms with E-state index in [1.165, 1.54) is 12.1 Å². The number of ether oxygens (including phenoxy) is 1. The second-order valence-corrected chi connectivity index (χ2v) is 3.86. The van der Waals surface area contributed by atoms with Crippen molar-refractivity contribution >= 4 is 5.69 Å². The molecule has 0 aromatic heterocycles. The van der Waals surface area contributed by atoms with Gasteiger partial charge in [-0.05, 0) is 31.0 Å². The van der Waals surface area contributed by atoms with Crippen LogP contribution in [0.1, 0.15) is 18.4 Å². The van der Waals surface area contributed by atoms with E-state index in [2.05, 4.69) is 5.32 Å². The van der Waals surface area contributed by atoms with E-state index < -0.39 is 5.82 Å². The highest BCUT2D eigenvalue weighted by Crippen LogP contribution is 2.17. The van der Waals surface area contributed by atoms with Crippen LogP contribution in [-0.2, 0) is 4.74 Å². The van der Waals surface area contributed by atoms with Crippen LogP contribution < -0.4 is 5.32 Å².